The van der Waals surface area contributed by atoms with Crippen LogP contribution < -0.4 is 0 Å². The number of sulfone groups is 1. The lowest BCUT2D eigenvalue weighted by Gasteiger charge is -2.30. The maximum atomic E-state index is 12.0. The molecule has 0 aliphatic heterocycles. The fourth-order valence-electron chi connectivity index (χ4n) is 1.71. The van der Waals surface area contributed by atoms with Crippen LogP contribution in [0, 0.1) is 0 Å². The molecule has 0 aliphatic rings. The van der Waals surface area contributed by atoms with Gasteiger partial charge in [0.15, 0.2) is 14.0 Å². The SMILES string of the molecule is CC[C@@](Cl)([C@H](O)c1ccccc1)S(=O)(=O)CC. The van der Waals surface area contributed by atoms with Crippen LogP contribution in [0.15, 0.2) is 30.3 Å². The number of alkyl halides is 1. The summed E-state index contributed by atoms with van der Waals surface area (Å²) in [5, 5.41) is 10.2. The van der Waals surface area contributed by atoms with Crippen molar-refractivity contribution in [2.45, 2.75) is 30.6 Å². The molecule has 0 fully saturated rings. The number of halogens is 1. The minimum atomic E-state index is -3.54. The highest BCUT2D eigenvalue weighted by atomic mass is 35.5. The van der Waals surface area contributed by atoms with E-state index in [1.807, 2.05) is 0 Å². The van der Waals surface area contributed by atoms with E-state index in [9.17, 15) is 13.5 Å². The van der Waals surface area contributed by atoms with Crippen molar-refractivity contribution in [2.75, 3.05) is 5.75 Å². The summed E-state index contributed by atoms with van der Waals surface area (Å²) in [4.78, 5) is 0. The molecule has 1 N–H and O–H groups in total. The van der Waals surface area contributed by atoms with Crippen LogP contribution in [-0.2, 0) is 9.84 Å². The van der Waals surface area contributed by atoms with Crippen LogP contribution in [-0.4, -0.2) is 23.5 Å². The van der Waals surface area contributed by atoms with Crippen molar-refractivity contribution in [1.29, 1.82) is 0 Å². The molecule has 0 radical (unpaired) electrons. The lowest BCUT2D eigenvalue weighted by molar-refractivity contribution is 0.154. The topological polar surface area (TPSA) is 54.4 Å². The van der Waals surface area contributed by atoms with Crippen LogP contribution in [0.1, 0.15) is 31.9 Å². The summed E-state index contributed by atoms with van der Waals surface area (Å²) in [6, 6.07) is 8.62. The first-order chi connectivity index (χ1) is 7.89. The minimum absolute atomic E-state index is 0.0891. The van der Waals surface area contributed by atoms with Crippen molar-refractivity contribution >= 4 is 21.4 Å². The molecule has 0 heterocycles. The molecule has 1 rings (SSSR count). The zero-order chi connectivity index (χ0) is 13.1. The number of aliphatic hydroxyl groups excluding tert-OH is 1. The number of hydrogen-bond donors (Lipinski definition) is 1. The molecule has 0 aromatic heterocycles. The van der Waals surface area contributed by atoms with Crippen LogP contribution in [0.5, 0.6) is 0 Å². The van der Waals surface area contributed by atoms with Crippen molar-refractivity contribution in [3.05, 3.63) is 35.9 Å². The predicted octanol–water partition coefficient (Wildman–Crippen LogP) is 2.50. The molecule has 96 valence electrons. The average molecular weight is 277 g/mol. The van der Waals surface area contributed by atoms with Crippen molar-refractivity contribution < 1.29 is 13.5 Å². The van der Waals surface area contributed by atoms with E-state index in [4.69, 9.17) is 11.6 Å². The highest BCUT2D eigenvalue weighted by Gasteiger charge is 2.46. The van der Waals surface area contributed by atoms with Gasteiger partial charge in [-0.1, -0.05) is 55.8 Å². The van der Waals surface area contributed by atoms with E-state index < -0.39 is 20.1 Å². The second kappa shape index (κ2) is 5.38. The lowest BCUT2D eigenvalue weighted by atomic mass is 10.0. The smallest absolute Gasteiger partial charge is 0.175 e. The normalized spacial score (nSPS) is 17.4. The first-order valence-corrected chi connectivity index (χ1v) is 7.56. The third-order valence-electron chi connectivity index (χ3n) is 2.90. The molecule has 17 heavy (non-hydrogen) atoms. The van der Waals surface area contributed by atoms with Crippen LogP contribution in [0.4, 0.5) is 0 Å². The average Bonchev–Trinajstić information content (AvgIpc) is 2.37. The van der Waals surface area contributed by atoms with Gasteiger partial charge in [-0.15, -0.1) is 0 Å². The summed E-state index contributed by atoms with van der Waals surface area (Å²) < 4.78 is 22.3. The van der Waals surface area contributed by atoms with Crippen molar-refractivity contribution in [2.24, 2.45) is 0 Å². The molecule has 1 aromatic carbocycles. The summed E-state index contributed by atoms with van der Waals surface area (Å²) in [5.41, 5.74) is 0.515. The Morgan fingerprint density at radius 3 is 2.24 bits per heavy atom. The van der Waals surface area contributed by atoms with Gasteiger partial charge < -0.3 is 5.11 Å². The van der Waals surface area contributed by atoms with E-state index in [1.54, 1.807) is 37.3 Å². The van der Waals surface area contributed by atoms with E-state index >= 15 is 0 Å². The van der Waals surface area contributed by atoms with Gasteiger partial charge in [0.05, 0.1) is 0 Å². The Bertz CT molecular complexity index is 458. The van der Waals surface area contributed by atoms with Gasteiger partial charge in [0.25, 0.3) is 0 Å². The Kier molecular flexibility index (Phi) is 4.58. The maximum Gasteiger partial charge on any atom is 0.175 e. The third kappa shape index (κ3) is 2.64. The van der Waals surface area contributed by atoms with Crippen LogP contribution in [0.25, 0.3) is 0 Å². The molecular formula is C12H17ClO3S. The highest BCUT2D eigenvalue weighted by molar-refractivity contribution is 7.94. The van der Waals surface area contributed by atoms with E-state index in [2.05, 4.69) is 0 Å². The molecule has 0 spiro atoms. The zero-order valence-corrected chi connectivity index (χ0v) is 11.5. The first-order valence-electron chi connectivity index (χ1n) is 5.53. The van der Waals surface area contributed by atoms with Gasteiger partial charge in [0.1, 0.15) is 6.10 Å². The molecule has 0 saturated heterocycles. The number of benzene rings is 1. The molecule has 0 amide bonds. The van der Waals surface area contributed by atoms with Crippen LogP contribution in [0.2, 0.25) is 0 Å². The highest BCUT2D eigenvalue weighted by Crippen LogP contribution is 2.40. The van der Waals surface area contributed by atoms with Crippen molar-refractivity contribution in [3.8, 4) is 0 Å². The second-order valence-electron chi connectivity index (χ2n) is 3.86. The van der Waals surface area contributed by atoms with E-state index in [-0.39, 0.29) is 12.2 Å². The molecule has 0 unspecified atom stereocenters. The predicted molar refractivity (Wildman–Crippen MR) is 69.7 cm³/mol. The number of rotatable bonds is 5. The summed E-state index contributed by atoms with van der Waals surface area (Å²) in [7, 11) is -3.54. The molecule has 0 saturated carbocycles. The fraction of sp³-hybridized carbons (Fsp3) is 0.500. The van der Waals surface area contributed by atoms with Crippen LogP contribution >= 0.6 is 11.6 Å². The van der Waals surface area contributed by atoms with Crippen molar-refractivity contribution in [3.63, 3.8) is 0 Å². The zero-order valence-electron chi connectivity index (χ0n) is 9.93. The Labute approximate surface area is 107 Å². The van der Waals surface area contributed by atoms with E-state index in [1.165, 1.54) is 6.92 Å². The largest absolute Gasteiger partial charge is 0.385 e. The first kappa shape index (κ1) is 14.5. The molecule has 2 atom stereocenters. The summed E-state index contributed by atoms with van der Waals surface area (Å²) in [6.07, 6.45) is -1.07. The second-order valence-corrected chi connectivity index (χ2v) is 7.29. The maximum absolute atomic E-state index is 12.0. The Morgan fingerprint density at radius 2 is 1.82 bits per heavy atom. The summed E-state index contributed by atoms with van der Waals surface area (Å²) >= 11 is 6.16. The van der Waals surface area contributed by atoms with Crippen molar-refractivity contribution in [1.82, 2.24) is 0 Å². The molecular weight excluding hydrogens is 260 g/mol. The quantitative estimate of drug-likeness (QED) is 0.841. The van der Waals surface area contributed by atoms with Gasteiger partial charge in [-0.25, -0.2) is 8.42 Å². The standard InChI is InChI=1S/C12H17ClO3S/c1-3-12(13,17(15,16)4-2)11(14)10-8-6-5-7-9-10/h5-9,11,14H,3-4H2,1-2H3/t11-,12+/m1/s1. The number of hydrogen-bond acceptors (Lipinski definition) is 3. The summed E-state index contributed by atoms with van der Waals surface area (Å²) in [5.74, 6) is -0.0891. The van der Waals surface area contributed by atoms with E-state index in [0.717, 1.165) is 0 Å². The summed E-state index contributed by atoms with van der Waals surface area (Å²) in [6.45, 7) is 3.19. The monoisotopic (exact) mass is 276 g/mol. The van der Waals surface area contributed by atoms with Gasteiger partial charge >= 0.3 is 0 Å². The Morgan fingerprint density at radius 1 is 1.29 bits per heavy atom. The fourth-order valence-corrected chi connectivity index (χ4v) is 3.56. The molecule has 5 heteroatoms. The molecule has 1 aromatic rings. The molecule has 3 nitrogen and oxygen atoms in total. The molecule has 0 aliphatic carbocycles. The third-order valence-corrected chi connectivity index (χ3v) is 6.39. The van der Waals surface area contributed by atoms with Gasteiger partial charge in [-0.3, -0.25) is 0 Å². The van der Waals surface area contributed by atoms with Gasteiger partial charge in [0.2, 0.25) is 0 Å². The van der Waals surface area contributed by atoms with E-state index in [0.29, 0.717) is 5.56 Å². The van der Waals surface area contributed by atoms with Crippen LogP contribution in [0.3, 0.4) is 0 Å². The Balaban J connectivity index is 3.20. The van der Waals surface area contributed by atoms with Gasteiger partial charge in [-0.2, -0.15) is 0 Å². The minimum Gasteiger partial charge on any atom is -0.385 e. The lowest BCUT2D eigenvalue weighted by Crippen LogP contribution is -2.39. The molecule has 0 bridgehead atoms. The van der Waals surface area contributed by atoms with Gasteiger partial charge in [-0.05, 0) is 12.0 Å². The van der Waals surface area contributed by atoms with Gasteiger partial charge in [0, 0.05) is 5.75 Å². The number of aliphatic hydroxyl groups is 1. The Hall–Kier alpha value is -0.580.